The zero-order valence-corrected chi connectivity index (χ0v) is 16.3. The Morgan fingerprint density at radius 2 is 1.69 bits per heavy atom. The molecule has 0 spiro atoms. The molecule has 4 nitrogen and oxygen atoms in total. The van der Waals surface area contributed by atoms with E-state index in [0.717, 1.165) is 17.0 Å². The van der Waals surface area contributed by atoms with Gasteiger partial charge in [-0.25, -0.2) is 9.29 Å². The Balaban J connectivity index is 1.71. The second-order valence-electron chi connectivity index (χ2n) is 6.24. The summed E-state index contributed by atoms with van der Waals surface area (Å²) < 4.78 is 58.2. The molecule has 1 heterocycles. The lowest BCUT2D eigenvalue weighted by Crippen LogP contribution is -2.47. The number of halogens is 5. The van der Waals surface area contributed by atoms with E-state index in [-0.39, 0.29) is 11.7 Å². The molecule has 0 radical (unpaired) electrons. The van der Waals surface area contributed by atoms with Crippen molar-refractivity contribution in [3.8, 4) is 5.75 Å². The lowest BCUT2D eigenvalue weighted by Gasteiger charge is -2.31. The highest BCUT2D eigenvalue weighted by atomic mass is 35.5. The highest BCUT2D eigenvalue weighted by Gasteiger charge is 2.47. The van der Waals surface area contributed by atoms with Gasteiger partial charge in [0.2, 0.25) is 11.8 Å². The maximum atomic E-state index is 14.2. The lowest BCUT2D eigenvalue weighted by atomic mass is 9.94. The molecule has 1 aliphatic rings. The van der Waals surface area contributed by atoms with Crippen molar-refractivity contribution in [1.29, 1.82) is 0 Å². The van der Waals surface area contributed by atoms with Crippen molar-refractivity contribution in [2.24, 2.45) is 5.92 Å². The van der Waals surface area contributed by atoms with Gasteiger partial charge >= 0.3 is 6.18 Å². The highest BCUT2D eigenvalue weighted by molar-refractivity contribution is 7.99. The van der Waals surface area contributed by atoms with Gasteiger partial charge in [-0.1, -0.05) is 23.4 Å². The molecule has 2 aromatic carbocycles. The Labute approximate surface area is 172 Å². The minimum Gasteiger partial charge on any atom is -0.483 e. The number of benzene rings is 2. The summed E-state index contributed by atoms with van der Waals surface area (Å²) in [5.74, 6) is -4.86. The molecule has 10 heteroatoms. The predicted molar refractivity (Wildman–Crippen MR) is 100 cm³/mol. The Bertz CT molecular complexity index is 903. The smallest absolute Gasteiger partial charge is 0.392 e. The number of nitrogens with zero attached hydrogens (tertiary/aromatic N) is 1. The number of hydrogen-bond donors (Lipinski definition) is 0. The fourth-order valence-corrected chi connectivity index (χ4v) is 3.55. The summed E-state index contributed by atoms with van der Waals surface area (Å²) in [5, 5.41) is 0.585. The molecule has 1 fully saturated rings. The number of piperidine rings is 1. The summed E-state index contributed by atoms with van der Waals surface area (Å²) >= 11 is 7.13. The van der Waals surface area contributed by atoms with E-state index in [0.29, 0.717) is 9.92 Å². The van der Waals surface area contributed by atoms with Crippen molar-refractivity contribution >= 4 is 40.9 Å². The van der Waals surface area contributed by atoms with Crippen LogP contribution in [0.15, 0.2) is 47.4 Å². The number of anilines is 1. The summed E-state index contributed by atoms with van der Waals surface area (Å²) in [7, 11) is 0. The maximum Gasteiger partial charge on any atom is 0.392 e. The van der Waals surface area contributed by atoms with Crippen LogP contribution in [0.3, 0.4) is 0 Å². The van der Waals surface area contributed by atoms with E-state index in [2.05, 4.69) is 0 Å². The van der Waals surface area contributed by atoms with Gasteiger partial charge in [0.15, 0.2) is 0 Å². The lowest BCUT2D eigenvalue weighted by molar-refractivity contribution is -0.185. The first-order chi connectivity index (χ1) is 13.6. The van der Waals surface area contributed by atoms with E-state index in [1.54, 1.807) is 24.3 Å². The number of amides is 2. The molecular weight excluding hydrogens is 434 g/mol. The zero-order valence-electron chi connectivity index (χ0n) is 14.7. The first kappa shape index (κ1) is 21.4. The van der Waals surface area contributed by atoms with Gasteiger partial charge in [0.1, 0.15) is 17.5 Å². The van der Waals surface area contributed by atoms with Crippen molar-refractivity contribution in [3.63, 3.8) is 0 Å². The molecule has 3 rings (SSSR count). The normalized spacial score (nSPS) is 15.7. The van der Waals surface area contributed by atoms with Crippen LogP contribution in [-0.2, 0) is 9.59 Å². The van der Waals surface area contributed by atoms with Gasteiger partial charge in [-0.05, 0) is 36.4 Å². The van der Waals surface area contributed by atoms with Crippen molar-refractivity contribution in [2.75, 3.05) is 10.8 Å². The molecule has 0 aliphatic carbocycles. The fourth-order valence-electron chi connectivity index (χ4n) is 2.77. The monoisotopic (exact) mass is 447 g/mol. The van der Waals surface area contributed by atoms with Crippen LogP contribution >= 0.6 is 23.4 Å². The molecule has 154 valence electrons. The van der Waals surface area contributed by atoms with Crippen LogP contribution in [0.1, 0.15) is 12.8 Å². The highest BCUT2D eigenvalue weighted by Crippen LogP contribution is 2.38. The van der Waals surface area contributed by atoms with Gasteiger partial charge in [0, 0.05) is 28.8 Å². The number of hydrogen-bond acceptors (Lipinski definition) is 4. The summed E-state index contributed by atoms with van der Waals surface area (Å²) in [5.41, 5.74) is -0.422. The van der Waals surface area contributed by atoms with E-state index in [4.69, 9.17) is 16.3 Å². The van der Waals surface area contributed by atoms with E-state index in [1.807, 2.05) is 0 Å². The summed E-state index contributed by atoms with van der Waals surface area (Å²) in [4.78, 5) is 25.6. The maximum absolute atomic E-state index is 14.2. The van der Waals surface area contributed by atoms with Crippen LogP contribution in [-0.4, -0.2) is 23.9 Å². The number of carbonyl (C=O) groups is 2. The van der Waals surface area contributed by atoms with Crippen molar-refractivity contribution in [1.82, 2.24) is 0 Å². The van der Waals surface area contributed by atoms with E-state index < -0.39 is 48.3 Å². The van der Waals surface area contributed by atoms with Crippen molar-refractivity contribution in [2.45, 2.75) is 23.9 Å². The third kappa shape index (κ3) is 5.22. The standard InChI is InChI=1S/C19H14ClF4NO3S/c20-12-1-4-14(5-2-12)29-10-28-13-3-6-15(21)16(9-13)25-17(26)7-11(8-18(25)27)19(22,23)24/h1-6,9,11H,7-8,10H2. The van der Waals surface area contributed by atoms with Crippen LogP contribution in [0.4, 0.5) is 23.2 Å². The van der Waals surface area contributed by atoms with Gasteiger partial charge in [-0.3, -0.25) is 9.59 Å². The molecule has 29 heavy (non-hydrogen) atoms. The Hall–Kier alpha value is -2.26. The molecule has 0 atom stereocenters. The Morgan fingerprint density at radius 1 is 1.07 bits per heavy atom. The third-order valence-corrected chi connectivity index (χ3v) is 5.32. The number of imide groups is 1. The first-order valence-electron chi connectivity index (χ1n) is 8.38. The quantitative estimate of drug-likeness (QED) is 0.265. The molecule has 2 amide bonds. The number of alkyl halides is 3. The van der Waals surface area contributed by atoms with Gasteiger partial charge < -0.3 is 4.74 Å². The second-order valence-corrected chi connectivity index (χ2v) is 7.68. The number of rotatable bonds is 5. The van der Waals surface area contributed by atoms with E-state index in [9.17, 15) is 27.2 Å². The van der Waals surface area contributed by atoms with Gasteiger partial charge in [0.25, 0.3) is 0 Å². The molecule has 1 saturated heterocycles. The van der Waals surface area contributed by atoms with Gasteiger partial charge in [-0.2, -0.15) is 13.2 Å². The molecule has 0 aromatic heterocycles. The third-order valence-electron chi connectivity index (χ3n) is 4.23. The molecule has 0 N–H and O–H groups in total. The number of ether oxygens (including phenoxy) is 1. The van der Waals surface area contributed by atoms with Gasteiger partial charge in [0.05, 0.1) is 11.6 Å². The molecule has 0 unspecified atom stereocenters. The average molecular weight is 448 g/mol. The van der Waals surface area contributed by atoms with Crippen LogP contribution in [0.25, 0.3) is 0 Å². The predicted octanol–water partition coefficient (Wildman–Crippen LogP) is 5.44. The average Bonchev–Trinajstić information content (AvgIpc) is 2.64. The van der Waals surface area contributed by atoms with E-state index >= 15 is 0 Å². The SMILES string of the molecule is O=C1CC(C(F)(F)F)CC(=O)N1c1cc(OCSc2ccc(Cl)cc2)ccc1F. The van der Waals surface area contributed by atoms with Crippen LogP contribution in [0, 0.1) is 11.7 Å². The second kappa shape index (κ2) is 8.62. The van der Waals surface area contributed by atoms with Crippen LogP contribution in [0.2, 0.25) is 5.02 Å². The molecule has 0 saturated carbocycles. The van der Waals surface area contributed by atoms with Gasteiger partial charge in [-0.15, -0.1) is 0 Å². The van der Waals surface area contributed by atoms with Crippen LogP contribution in [0.5, 0.6) is 5.75 Å². The fraction of sp³-hybridized carbons (Fsp3) is 0.263. The summed E-state index contributed by atoms with van der Waals surface area (Å²) in [6, 6.07) is 10.4. The molecular formula is C19H14ClF4NO3S. The minimum absolute atomic E-state index is 0.144. The van der Waals surface area contributed by atoms with Crippen molar-refractivity contribution < 1.29 is 31.9 Å². The molecule has 1 aliphatic heterocycles. The number of thioether (sulfide) groups is 1. The zero-order chi connectivity index (χ0) is 21.2. The topological polar surface area (TPSA) is 46.6 Å². The summed E-state index contributed by atoms with van der Waals surface area (Å²) in [6.07, 6.45) is -6.49. The Kier molecular flexibility index (Phi) is 6.38. The van der Waals surface area contributed by atoms with Crippen LogP contribution < -0.4 is 9.64 Å². The Morgan fingerprint density at radius 3 is 2.28 bits per heavy atom. The molecule has 2 aromatic rings. The minimum atomic E-state index is -4.67. The van der Waals surface area contributed by atoms with E-state index in [1.165, 1.54) is 17.8 Å². The number of carbonyl (C=O) groups excluding carboxylic acids is 2. The largest absolute Gasteiger partial charge is 0.483 e. The first-order valence-corrected chi connectivity index (χ1v) is 9.74. The summed E-state index contributed by atoms with van der Waals surface area (Å²) in [6.45, 7) is 0. The van der Waals surface area contributed by atoms with Crippen molar-refractivity contribution in [3.05, 3.63) is 53.3 Å². The molecule has 0 bridgehead atoms.